The lowest BCUT2D eigenvalue weighted by Gasteiger charge is -2.23. The van der Waals surface area contributed by atoms with E-state index < -0.39 is 0 Å². The van der Waals surface area contributed by atoms with Gasteiger partial charge in [0, 0.05) is 32.0 Å². The van der Waals surface area contributed by atoms with Gasteiger partial charge < -0.3 is 14.7 Å². The van der Waals surface area contributed by atoms with E-state index in [-0.39, 0.29) is 0 Å². The van der Waals surface area contributed by atoms with Crippen LogP contribution in [0.15, 0.2) is 12.4 Å². The van der Waals surface area contributed by atoms with Gasteiger partial charge in [-0.3, -0.25) is 0 Å². The van der Waals surface area contributed by atoms with Gasteiger partial charge in [-0.2, -0.15) is 0 Å². The van der Waals surface area contributed by atoms with Crippen molar-refractivity contribution in [3.63, 3.8) is 0 Å². The summed E-state index contributed by atoms with van der Waals surface area (Å²) in [5.41, 5.74) is 1.13. The summed E-state index contributed by atoms with van der Waals surface area (Å²) in [6.07, 6.45) is 9.15. The van der Waals surface area contributed by atoms with Crippen molar-refractivity contribution in [3.05, 3.63) is 18.0 Å². The van der Waals surface area contributed by atoms with Crippen molar-refractivity contribution in [1.82, 2.24) is 19.8 Å². The summed E-state index contributed by atoms with van der Waals surface area (Å²) < 4.78 is 0. The van der Waals surface area contributed by atoms with Crippen molar-refractivity contribution in [3.8, 4) is 0 Å². The second-order valence-corrected chi connectivity index (χ2v) is 6.64. The smallest absolute Gasteiger partial charge is 0.225 e. The van der Waals surface area contributed by atoms with Crippen LogP contribution in [0.4, 0.5) is 5.95 Å². The van der Waals surface area contributed by atoms with E-state index >= 15 is 0 Å². The lowest BCUT2D eigenvalue weighted by molar-refractivity contribution is 0.257. The van der Waals surface area contributed by atoms with Crippen molar-refractivity contribution < 1.29 is 0 Å². The Morgan fingerprint density at radius 1 is 0.818 bits per heavy atom. The Morgan fingerprint density at radius 2 is 1.45 bits per heavy atom. The number of aromatic nitrogens is 2. The first-order valence-corrected chi connectivity index (χ1v) is 8.79. The zero-order chi connectivity index (χ0) is 15.2. The van der Waals surface area contributed by atoms with Gasteiger partial charge in [-0.1, -0.05) is 0 Å². The van der Waals surface area contributed by atoms with Crippen LogP contribution in [0, 0.1) is 6.92 Å². The van der Waals surface area contributed by atoms with Gasteiger partial charge >= 0.3 is 0 Å². The van der Waals surface area contributed by atoms with Gasteiger partial charge in [-0.15, -0.1) is 0 Å². The molecule has 5 nitrogen and oxygen atoms in total. The lowest BCUT2D eigenvalue weighted by Crippen LogP contribution is -2.33. The van der Waals surface area contributed by atoms with Crippen LogP contribution in [0.2, 0.25) is 0 Å². The molecule has 3 rings (SSSR count). The minimum atomic E-state index is 0.893. The molecule has 1 aromatic heterocycles. The average Bonchev–Trinajstić information content (AvgIpc) is 2.93. The number of hydrogen-bond acceptors (Lipinski definition) is 5. The van der Waals surface area contributed by atoms with Gasteiger partial charge in [0.15, 0.2) is 0 Å². The first kappa shape index (κ1) is 15.7. The molecule has 122 valence electrons. The summed E-state index contributed by atoms with van der Waals surface area (Å²) in [6.45, 7) is 11.7. The van der Waals surface area contributed by atoms with Crippen LogP contribution in [0.5, 0.6) is 0 Å². The summed E-state index contributed by atoms with van der Waals surface area (Å²) in [5, 5.41) is 0. The molecule has 2 saturated heterocycles. The third-order valence-corrected chi connectivity index (χ3v) is 4.79. The van der Waals surface area contributed by atoms with E-state index in [1.54, 1.807) is 0 Å². The van der Waals surface area contributed by atoms with Crippen LogP contribution < -0.4 is 4.90 Å². The van der Waals surface area contributed by atoms with Crippen LogP contribution in [0.1, 0.15) is 31.2 Å². The molecule has 0 atom stereocenters. The second kappa shape index (κ2) is 7.88. The summed E-state index contributed by atoms with van der Waals surface area (Å²) in [6, 6.07) is 0. The minimum Gasteiger partial charge on any atom is -0.339 e. The highest BCUT2D eigenvalue weighted by atomic mass is 15.3. The molecule has 2 aliphatic heterocycles. The zero-order valence-corrected chi connectivity index (χ0v) is 13.9. The summed E-state index contributed by atoms with van der Waals surface area (Å²) >= 11 is 0. The van der Waals surface area contributed by atoms with E-state index in [2.05, 4.69) is 24.7 Å². The number of anilines is 1. The van der Waals surface area contributed by atoms with Crippen molar-refractivity contribution in [1.29, 1.82) is 0 Å². The van der Waals surface area contributed by atoms with Crippen LogP contribution in [-0.2, 0) is 0 Å². The molecule has 0 unspecified atom stereocenters. The molecule has 3 heterocycles. The monoisotopic (exact) mass is 303 g/mol. The summed E-state index contributed by atoms with van der Waals surface area (Å²) in [5.74, 6) is 0.893. The fourth-order valence-electron chi connectivity index (χ4n) is 3.47. The van der Waals surface area contributed by atoms with Crippen molar-refractivity contribution in [2.75, 3.05) is 57.3 Å². The second-order valence-electron chi connectivity index (χ2n) is 6.64. The maximum Gasteiger partial charge on any atom is 0.225 e. The predicted molar refractivity (Wildman–Crippen MR) is 90.3 cm³/mol. The molecule has 0 N–H and O–H groups in total. The Kier molecular flexibility index (Phi) is 5.62. The summed E-state index contributed by atoms with van der Waals surface area (Å²) in [4.78, 5) is 16.5. The van der Waals surface area contributed by atoms with E-state index in [0.29, 0.717) is 0 Å². The Labute approximate surface area is 134 Å². The third kappa shape index (κ3) is 4.40. The van der Waals surface area contributed by atoms with E-state index in [1.165, 1.54) is 58.4 Å². The van der Waals surface area contributed by atoms with E-state index in [0.717, 1.165) is 31.1 Å². The Hall–Kier alpha value is -1.20. The Balaban J connectivity index is 1.42. The molecule has 0 bridgehead atoms. The molecular weight excluding hydrogens is 274 g/mol. The van der Waals surface area contributed by atoms with Crippen molar-refractivity contribution >= 4 is 5.95 Å². The van der Waals surface area contributed by atoms with E-state index in [1.807, 2.05) is 19.3 Å². The Bertz CT molecular complexity index is 441. The van der Waals surface area contributed by atoms with Gasteiger partial charge in [0.05, 0.1) is 0 Å². The minimum absolute atomic E-state index is 0.893. The molecule has 22 heavy (non-hydrogen) atoms. The standard InChI is InChI=1S/C17H29N5/c1-16-14-18-17(19-15-16)22-11-5-10-21(12-13-22)9-4-8-20-6-2-3-7-20/h14-15H,2-13H2,1H3. The maximum absolute atomic E-state index is 4.47. The third-order valence-electron chi connectivity index (χ3n) is 4.79. The number of aryl methyl sites for hydroxylation is 1. The van der Waals surface area contributed by atoms with Gasteiger partial charge in [0.1, 0.15) is 0 Å². The predicted octanol–water partition coefficient (Wildman–Crippen LogP) is 1.78. The maximum atomic E-state index is 4.47. The van der Waals surface area contributed by atoms with Crippen LogP contribution in [-0.4, -0.2) is 72.1 Å². The molecule has 0 spiro atoms. The molecule has 0 saturated carbocycles. The molecule has 1 aromatic rings. The van der Waals surface area contributed by atoms with Crippen LogP contribution in [0.25, 0.3) is 0 Å². The van der Waals surface area contributed by atoms with Crippen LogP contribution >= 0.6 is 0 Å². The number of nitrogens with zero attached hydrogens (tertiary/aromatic N) is 5. The normalized spacial score (nSPS) is 21.2. The van der Waals surface area contributed by atoms with Gasteiger partial charge in [-0.25, -0.2) is 9.97 Å². The van der Waals surface area contributed by atoms with Gasteiger partial charge in [-0.05, 0) is 70.9 Å². The fourth-order valence-corrected chi connectivity index (χ4v) is 3.47. The molecule has 2 aliphatic rings. The lowest BCUT2D eigenvalue weighted by atomic mass is 10.3. The molecule has 0 radical (unpaired) electrons. The highest BCUT2D eigenvalue weighted by Crippen LogP contribution is 2.12. The largest absolute Gasteiger partial charge is 0.339 e. The van der Waals surface area contributed by atoms with E-state index in [4.69, 9.17) is 0 Å². The molecule has 5 heteroatoms. The number of rotatable bonds is 5. The Morgan fingerprint density at radius 3 is 2.18 bits per heavy atom. The highest BCUT2D eigenvalue weighted by molar-refractivity contribution is 5.29. The average molecular weight is 303 g/mol. The molecule has 0 aliphatic carbocycles. The fraction of sp³-hybridized carbons (Fsp3) is 0.765. The quantitative estimate of drug-likeness (QED) is 0.828. The first-order chi connectivity index (χ1) is 10.8. The zero-order valence-electron chi connectivity index (χ0n) is 13.9. The molecule has 0 aromatic carbocycles. The van der Waals surface area contributed by atoms with Gasteiger partial charge in [0.25, 0.3) is 0 Å². The van der Waals surface area contributed by atoms with E-state index in [9.17, 15) is 0 Å². The number of likely N-dealkylation sites (tertiary alicyclic amines) is 1. The first-order valence-electron chi connectivity index (χ1n) is 8.79. The summed E-state index contributed by atoms with van der Waals surface area (Å²) in [7, 11) is 0. The molecule has 0 amide bonds. The molecule has 2 fully saturated rings. The van der Waals surface area contributed by atoms with Crippen molar-refractivity contribution in [2.24, 2.45) is 0 Å². The topological polar surface area (TPSA) is 35.5 Å². The molecular formula is C17H29N5. The highest BCUT2D eigenvalue weighted by Gasteiger charge is 2.17. The van der Waals surface area contributed by atoms with Crippen LogP contribution in [0.3, 0.4) is 0 Å². The number of hydrogen-bond donors (Lipinski definition) is 0. The van der Waals surface area contributed by atoms with Crippen molar-refractivity contribution in [2.45, 2.75) is 32.6 Å². The van der Waals surface area contributed by atoms with Gasteiger partial charge in [0.2, 0.25) is 5.95 Å². The SMILES string of the molecule is Cc1cnc(N2CCCN(CCCN3CCCC3)CC2)nc1.